The van der Waals surface area contributed by atoms with Crippen molar-refractivity contribution < 1.29 is 19.1 Å². The molecule has 0 unspecified atom stereocenters. The van der Waals surface area contributed by atoms with E-state index < -0.39 is 11.8 Å². The molecule has 0 aliphatic heterocycles. The van der Waals surface area contributed by atoms with E-state index in [9.17, 15) is 14.3 Å². The van der Waals surface area contributed by atoms with Gasteiger partial charge in [0.1, 0.15) is 11.6 Å². The Labute approximate surface area is 137 Å². The Hall–Kier alpha value is -1.92. The molecule has 0 spiro atoms. The largest absolute Gasteiger partial charge is 0.478 e. The van der Waals surface area contributed by atoms with Gasteiger partial charge in [-0.25, -0.2) is 9.18 Å². The van der Waals surface area contributed by atoms with Crippen molar-refractivity contribution in [1.82, 2.24) is 0 Å². The third kappa shape index (κ3) is 2.84. The van der Waals surface area contributed by atoms with Crippen LogP contribution in [0.3, 0.4) is 0 Å². The zero-order chi connectivity index (χ0) is 16.8. The predicted molar refractivity (Wildman–Crippen MR) is 87.3 cm³/mol. The summed E-state index contributed by atoms with van der Waals surface area (Å²) in [6.45, 7) is 4.26. The number of aromatic carboxylic acids is 1. The maximum absolute atomic E-state index is 14.4. The highest BCUT2D eigenvalue weighted by molar-refractivity contribution is 7.16. The molecule has 1 heterocycles. The molecule has 0 radical (unpaired) electrons. The summed E-state index contributed by atoms with van der Waals surface area (Å²) in [5.74, 6) is 3.70. The Morgan fingerprint density at radius 2 is 2.17 bits per heavy atom. The standard InChI is InChI=1S/C17H18FNO3S/c1-17(2)6-5-13-11(8-17)14(16(20)21)15(23-13)10-4-3-9(22-19)7-12(10)18/h3-4,7H,5-6,8,19H2,1-2H3,(H,20,21). The maximum atomic E-state index is 14.4. The fraction of sp³-hybridized carbons (Fsp3) is 0.353. The molecule has 0 saturated heterocycles. The molecule has 3 N–H and O–H groups in total. The molecule has 0 bridgehead atoms. The molecule has 2 aromatic rings. The highest BCUT2D eigenvalue weighted by Gasteiger charge is 2.33. The van der Waals surface area contributed by atoms with Crippen LogP contribution in [-0.4, -0.2) is 11.1 Å². The highest BCUT2D eigenvalue weighted by atomic mass is 32.1. The number of carboxylic acids is 1. The molecular weight excluding hydrogens is 317 g/mol. The lowest BCUT2D eigenvalue weighted by molar-refractivity contribution is 0.0696. The monoisotopic (exact) mass is 335 g/mol. The van der Waals surface area contributed by atoms with E-state index in [0.29, 0.717) is 11.3 Å². The molecule has 0 fully saturated rings. The molecule has 0 atom stereocenters. The highest BCUT2D eigenvalue weighted by Crippen LogP contribution is 2.45. The Balaban J connectivity index is 2.18. The first kappa shape index (κ1) is 16.0. The van der Waals surface area contributed by atoms with Crippen LogP contribution < -0.4 is 10.7 Å². The molecule has 3 rings (SSSR count). The number of hydrogen-bond donors (Lipinski definition) is 2. The van der Waals surface area contributed by atoms with E-state index in [1.54, 1.807) is 0 Å². The summed E-state index contributed by atoms with van der Waals surface area (Å²) in [5, 5.41) is 9.67. The smallest absolute Gasteiger partial charge is 0.337 e. The number of aryl methyl sites for hydroxylation is 1. The van der Waals surface area contributed by atoms with E-state index >= 15 is 0 Å². The van der Waals surface area contributed by atoms with Gasteiger partial charge in [0.25, 0.3) is 0 Å². The van der Waals surface area contributed by atoms with E-state index in [-0.39, 0.29) is 22.3 Å². The van der Waals surface area contributed by atoms with Gasteiger partial charge >= 0.3 is 5.97 Å². The number of hydrogen-bond acceptors (Lipinski definition) is 4. The molecule has 4 nitrogen and oxygen atoms in total. The average Bonchev–Trinajstić information content (AvgIpc) is 2.83. The minimum Gasteiger partial charge on any atom is -0.478 e. The van der Waals surface area contributed by atoms with Crippen LogP contribution in [0.1, 0.15) is 41.1 Å². The molecule has 1 aliphatic carbocycles. The number of thiophene rings is 1. The van der Waals surface area contributed by atoms with Crippen molar-refractivity contribution in [2.24, 2.45) is 11.3 Å². The number of halogens is 1. The van der Waals surface area contributed by atoms with Gasteiger partial charge in [-0.2, -0.15) is 5.90 Å². The van der Waals surface area contributed by atoms with Gasteiger partial charge < -0.3 is 9.94 Å². The molecule has 1 aliphatic rings. The van der Waals surface area contributed by atoms with Crippen LogP contribution in [0.15, 0.2) is 18.2 Å². The van der Waals surface area contributed by atoms with Crippen LogP contribution in [0.5, 0.6) is 5.75 Å². The molecule has 0 saturated carbocycles. The zero-order valence-corrected chi connectivity index (χ0v) is 13.8. The SMILES string of the molecule is CC1(C)CCc2sc(-c3ccc(ON)cc3F)c(C(=O)O)c2C1. The van der Waals surface area contributed by atoms with Crippen LogP contribution in [0.2, 0.25) is 0 Å². The maximum Gasteiger partial charge on any atom is 0.337 e. The van der Waals surface area contributed by atoms with Crippen molar-refractivity contribution in [2.45, 2.75) is 33.1 Å². The average molecular weight is 335 g/mol. The second kappa shape index (κ2) is 5.62. The third-order valence-corrected chi connectivity index (χ3v) is 5.64. The number of carbonyl (C=O) groups is 1. The van der Waals surface area contributed by atoms with Crippen molar-refractivity contribution in [3.05, 3.63) is 40.0 Å². The summed E-state index contributed by atoms with van der Waals surface area (Å²) >= 11 is 1.38. The number of carboxylic acid groups (broad SMARTS) is 1. The Morgan fingerprint density at radius 1 is 1.43 bits per heavy atom. The molecular formula is C17H18FNO3S. The minimum atomic E-state index is -1.01. The Kier molecular flexibility index (Phi) is 3.90. The molecule has 1 aromatic heterocycles. The van der Waals surface area contributed by atoms with E-state index in [0.717, 1.165) is 23.3 Å². The molecule has 0 amide bonds. The number of rotatable bonds is 3. The van der Waals surface area contributed by atoms with E-state index in [4.69, 9.17) is 5.90 Å². The lowest BCUT2D eigenvalue weighted by Gasteiger charge is -2.29. The summed E-state index contributed by atoms with van der Waals surface area (Å²) < 4.78 is 14.4. The van der Waals surface area contributed by atoms with E-state index in [2.05, 4.69) is 18.7 Å². The first-order valence-corrected chi connectivity index (χ1v) is 8.18. The van der Waals surface area contributed by atoms with Gasteiger partial charge in [0.05, 0.1) is 10.4 Å². The lowest BCUT2D eigenvalue weighted by atomic mass is 9.76. The van der Waals surface area contributed by atoms with Crippen molar-refractivity contribution in [3.63, 3.8) is 0 Å². The summed E-state index contributed by atoms with van der Waals surface area (Å²) in [4.78, 5) is 17.9. The van der Waals surface area contributed by atoms with Gasteiger partial charge in [0.15, 0.2) is 0 Å². The van der Waals surface area contributed by atoms with Gasteiger partial charge in [-0.05, 0) is 42.4 Å². The third-order valence-electron chi connectivity index (χ3n) is 4.31. The van der Waals surface area contributed by atoms with E-state index in [1.807, 2.05) is 0 Å². The van der Waals surface area contributed by atoms with Gasteiger partial charge in [0, 0.05) is 16.5 Å². The van der Waals surface area contributed by atoms with Crippen LogP contribution in [0.4, 0.5) is 4.39 Å². The number of nitrogens with two attached hydrogens (primary N) is 1. The summed E-state index contributed by atoms with van der Waals surface area (Å²) in [7, 11) is 0. The molecule has 6 heteroatoms. The number of fused-ring (bicyclic) bond motifs is 1. The van der Waals surface area contributed by atoms with Crippen LogP contribution in [0.25, 0.3) is 10.4 Å². The van der Waals surface area contributed by atoms with Crippen LogP contribution in [-0.2, 0) is 12.8 Å². The van der Waals surface area contributed by atoms with Crippen LogP contribution >= 0.6 is 11.3 Å². The van der Waals surface area contributed by atoms with Gasteiger partial charge in [-0.3, -0.25) is 0 Å². The summed E-state index contributed by atoms with van der Waals surface area (Å²) in [6, 6.07) is 4.22. The fourth-order valence-corrected chi connectivity index (χ4v) is 4.43. The van der Waals surface area contributed by atoms with Crippen molar-refractivity contribution in [1.29, 1.82) is 0 Å². The van der Waals surface area contributed by atoms with Crippen molar-refractivity contribution >= 4 is 17.3 Å². The topological polar surface area (TPSA) is 72.5 Å². The molecule has 1 aromatic carbocycles. The Bertz CT molecular complexity index is 782. The first-order valence-electron chi connectivity index (χ1n) is 7.37. The van der Waals surface area contributed by atoms with Gasteiger partial charge in [0.2, 0.25) is 0 Å². The minimum absolute atomic E-state index is 0.0608. The second-order valence-corrected chi connectivity index (χ2v) is 7.72. The van der Waals surface area contributed by atoms with Gasteiger partial charge in [-0.15, -0.1) is 11.3 Å². The normalized spacial score (nSPS) is 16.0. The molecule has 23 heavy (non-hydrogen) atoms. The zero-order valence-electron chi connectivity index (χ0n) is 13.0. The second-order valence-electron chi connectivity index (χ2n) is 6.61. The van der Waals surface area contributed by atoms with Crippen molar-refractivity contribution in [3.8, 4) is 16.2 Å². The predicted octanol–water partition coefficient (Wildman–Crippen LogP) is 4.02. The van der Waals surface area contributed by atoms with E-state index in [1.165, 1.54) is 29.5 Å². The molecule has 122 valence electrons. The van der Waals surface area contributed by atoms with Gasteiger partial charge in [-0.1, -0.05) is 13.8 Å². The lowest BCUT2D eigenvalue weighted by Crippen LogP contribution is -2.22. The summed E-state index contributed by atoms with van der Waals surface area (Å²) in [5.41, 5.74) is 1.43. The van der Waals surface area contributed by atoms with Crippen LogP contribution in [0, 0.1) is 11.2 Å². The van der Waals surface area contributed by atoms with Crippen molar-refractivity contribution in [2.75, 3.05) is 0 Å². The first-order chi connectivity index (χ1) is 10.8. The number of benzene rings is 1. The Morgan fingerprint density at radius 3 is 2.78 bits per heavy atom. The fourth-order valence-electron chi connectivity index (χ4n) is 3.09. The quantitative estimate of drug-likeness (QED) is 0.831. The summed E-state index contributed by atoms with van der Waals surface area (Å²) in [6.07, 6.45) is 2.53.